The molecule has 0 spiro atoms. The Bertz CT molecular complexity index is 517. The molecular formula is C13H14BrF3N2O2. The van der Waals surface area contributed by atoms with Gasteiger partial charge < -0.3 is 15.0 Å². The first kappa shape index (κ1) is 16.1. The van der Waals surface area contributed by atoms with E-state index in [9.17, 15) is 18.0 Å². The zero-order valence-corrected chi connectivity index (χ0v) is 12.6. The Hall–Kier alpha value is -1.28. The zero-order valence-electron chi connectivity index (χ0n) is 11.0. The van der Waals surface area contributed by atoms with Gasteiger partial charge in [0, 0.05) is 23.2 Å². The first-order valence-corrected chi connectivity index (χ1v) is 7.13. The van der Waals surface area contributed by atoms with Crippen molar-refractivity contribution in [3.63, 3.8) is 0 Å². The molecule has 0 aromatic heterocycles. The maximum absolute atomic E-state index is 12.7. The van der Waals surface area contributed by atoms with Gasteiger partial charge in [-0.1, -0.05) is 0 Å². The number of hydrogen-bond acceptors (Lipinski definition) is 3. The van der Waals surface area contributed by atoms with E-state index in [-0.39, 0.29) is 18.1 Å². The van der Waals surface area contributed by atoms with Gasteiger partial charge in [-0.3, -0.25) is 4.79 Å². The van der Waals surface area contributed by atoms with Crippen LogP contribution in [0.15, 0.2) is 22.7 Å². The molecule has 0 unspecified atom stereocenters. The number of ether oxygens (including phenoxy) is 1. The topological polar surface area (TPSA) is 41.6 Å². The largest absolute Gasteiger partial charge is 0.416 e. The zero-order chi connectivity index (χ0) is 15.5. The molecule has 1 saturated heterocycles. The van der Waals surface area contributed by atoms with Crippen LogP contribution in [0.25, 0.3) is 0 Å². The van der Waals surface area contributed by atoms with Crippen molar-refractivity contribution in [3.05, 3.63) is 28.2 Å². The van der Waals surface area contributed by atoms with Gasteiger partial charge in [0.25, 0.3) is 0 Å². The number of benzene rings is 1. The highest BCUT2D eigenvalue weighted by atomic mass is 79.9. The fourth-order valence-corrected chi connectivity index (χ4v) is 2.32. The van der Waals surface area contributed by atoms with Crippen LogP contribution in [0, 0.1) is 0 Å². The molecular weight excluding hydrogens is 353 g/mol. The van der Waals surface area contributed by atoms with Crippen LogP contribution in [-0.4, -0.2) is 43.7 Å². The van der Waals surface area contributed by atoms with E-state index in [1.807, 2.05) is 0 Å². The first-order chi connectivity index (χ1) is 9.88. The SMILES string of the molecule is O=C(CNc1cc(C(F)(F)F)ccc1Br)N1CCOCC1. The lowest BCUT2D eigenvalue weighted by Gasteiger charge is -2.27. The quantitative estimate of drug-likeness (QED) is 0.894. The summed E-state index contributed by atoms with van der Waals surface area (Å²) in [5, 5.41) is 2.74. The van der Waals surface area contributed by atoms with Crippen molar-refractivity contribution in [2.45, 2.75) is 6.18 Å². The number of hydrogen-bond donors (Lipinski definition) is 1. The van der Waals surface area contributed by atoms with Crippen LogP contribution in [-0.2, 0) is 15.7 Å². The molecule has 1 aromatic rings. The van der Waals surface area contributed by atoms with Gasteiger partial charge in [-0.05, 0) is 34.1 Å². The smallest absolute Gasteiger partial charge is 0.378 e. The molecule has 21 heavy (non-hydrogen) atoms. The number of alkyl halides is 3. The van der Waals surface area contributed by atoms with Crippen LogP contribution in [0.3, 0.4) is 0 Å². The number of anilines is 1. The fourth-order valence-electron chi connectivity index (χ4n) is 1.93. The molecule has 0 atom stereocenters. The highest BCUT2D eigenvalue weighted by Crippen LogP contribution is 2.33. The molecule has 1 aromatic carbocycles. The molecule has 4 nitrogen and oxygen atoms in total. The number of carbonyl (C=O) groups excluding carboxylic acids is 1. The molecule has 8 heteroatoms. The van der Waals surface area contributed by atoms with E-state index in [0.29, 0.717) is 30.8 Å². The highest BCUT2D eigenvalue weighted by Gasteiger charge is 2.31. The number of morpholine rings is 1. The Morgan fingerprint density at radius 2 is 2.00 bits per heavy atom. The molecule has 1 N–H and O–H groups in total. The normalized spacial score (nSPS) is 15.9. The van der Waals surface area contributed by atoms with E-state index >= 15 is 0 Å². The standard InChI is InChI=1S/C13H14BrF3N2O2/c14-10-2-1-9(13(15,16)17)7-11(10)18-8-12(20)19-3-5-21-6-4-19/h1-2,7,18H,3-6,8H2. The summed E-state index contributed by atoms with van der Waals surface area (Å²) in [6.07, 6.45) is -4.41. The van der Waals surface area contributed by atoms with E-state index < -0.39 is 11.7 Å². The summed E-state index contributed by atoms with van der Waals surface area (Å²) in [4.78, 5) is 13.6. The van der Waals surface area contributed by atoms with Crippen LogP contribution < -0.4 is 5.32 Å². The van der Waals surface area contributed by atoms with Crippen molar-refractivity contribution < 1.29 is 22.7 Å². The molecule has 1 heterocycles. The van der Waals surface area contributed by atoms with Gasteiger partial charge >= 0.3 is 6.18 Å². The van der Waals surface area contributed by atoms with Crippen molar-refractivity contribution in [1.29, 1.82) is 0 Å². The predicted molar refractivity (Wildman–Crippen MR) is 75.0 cm³/mol. The third-order valence-corrected chi connectivity index (χ3v) is 3.78. The third-order valence-electron chi connectivity index (χ3n) is 3.09. The van der Waals surface area contributed by atoms with Crippen LogP contribution >= 0.6 is 15.9 Å². The second kappa shape index (κ2) is 6.65. The average Bonchev–Trinajstić information content (AvgIpc) is 2.45. The lowest BCUT2D eigenvalue weighted by atomic mass is 10.2. The molecule has 1 aliphatic rings. The fraction of sp³-hybridized carbons (Fsp3) is 0.462. The van der Waals surface area contributed by atoms with Gasteiger partial charge in [0.2, 0.25) is 5.91 Å². The highest BCUT2D eigenvalue weighted by molar-refractivity contribution is 9.10. The molecule has 1 aliphatic heterocycles. The summed E-state index contributed by atoms with van der Waals surface area (Å²) in [5.74, 6) is -0.164. The molecule has 1 amide bonds. The minimum atomic E-state index is -4.41. The van der Waals surface area contributed by atoms with Crippen LogP contribution in [0.1, 0.15) is 5.56 Å². The first-order valence-electron chi connectivity index (χ1n) is 6.34. The number of halogens is 4. The van der Waals surface area contributed by atoms with Crippen molar-refractivity contribution in [3.8, 4) is 0 Å². The summed E-state index contributed by atoms with van der Waals surface area (Å²) in [6.45, 7) is 1.92. The lowest BCUT2D eigenvalue weighted by molar-refractivity contribution is -0.137. The van der Waals surface area contributed by atoms with Gasteiger partial charge in [0.05, 0.1) is 25.3 Å². The van der Waals surface area contributed by atoms with Crippen LogP contribution in [0.5, 0.6) is 0 Å². The Kier molecular flexibility index (Phi) is 5.10. The number of amides is 1. The average molecular weight is 367 g/mol. The van der Waals surface area contributed by atoms with Gasteiger partial charge in [0.15, 0.2) is 0 Å². The monoisotopic (exact) mass is 366 g/mol. The second-order valence-corrected chi connectivity index (χ2v) is 5.39. The Morgan fingerprint density at radius 1 is 1.33 bits per heavy atom. The van der Waals surface area contributed by atoms with Gasteiger partial charge in [-0.25, -0.2) is 0 Å². The molecule has 0 saturated carbocycles. The molecule has 0 radical (unpaired) electrons. The van der Waals surface area contributed by atoms with Crippen LogP contribution in [0.4, 0.5) is 18.9 Å². The Morgan fingerprint density at radius 3 is 2.62 bits per heavy atom. The minimum Gasteiger partial charge on any atom is -0.378 e. The minimum absolute atomic E-state index is 0.0556. The van der Waals surface area contributed by atoms with E-state index in [0.717, 1.165) is 12.1 Å². The number of nitrogens with zero attached hydrogens (tertiary/aromatic N) is 1. The van der Waals surface area contributed by atoms with Crippen LogP contribution in [0.2, 0.25) is 0 Å². The van der Waals surface area contributed by atoms with E-state index in [1.165, 1.54) is 6.07 Å². The summed E-state index contributed by atoms with van der Waals surface area (Å²) in [5.41, 5.74) is -0.515. The number of rotatable bonds is 3. The summed E-state index contributed by atoms with van der Waals surface area (Å²) >= 11 is 3.17. The predicted octanol–water partition coefficient (Wildman–Crippen LogP) is 2.74. The van der Waals surface area contributed by atoms with Crippen molar-refractivity contribution in [1.82, 2.24) is 4.90 Å². The van der Waals surface area contributed by atoms with E-state index in [1.54, 1.807) is 4.90 Å². The lowest BCUT2D eigenvalue weighted by Crippen LogP contribution is -2.43. The van der Waals surface area contributed by atoms with E-state index in [2.05, 4.69) is 21.2 Å². The Labute approximate surface area is 128 Å². The summed E-state index contributed by atoms with van der Waals surface area (Å²) in [7, 11) is 0. The van der Waals surface area contributed by atoms with Gasteiger partial charge in [-0.2, -0.15) is 13.2 Å². The molecule has 0 bridgehead atoms. The maximum Gasteiger partial charge on any atom is 0.416 e. The Balaban J connectivity index is 2.00. The number of nitrogens with one attached hydrogen (secondary N) is 1. The molecule has 2 rings (SSSR count). The number of carbonyl (C=O) groups is 1. The third kappa shape index (κ3) is 4.34. The summed E-state index contributed by atoms with van der Waals surface area (Å²) < 4.78 is 43.6. The van der Waals surface area contributed by atoms with Crippen molar-refractivity contribution >= 4 is 27.5 Å². The molecule has 1 fully saturated rings. The van der Waals surface area contributed by atoms with Gasteiger partial charge in [-0.15, -0.1) is 0 Å². The van der Waals surface area contributed by atoms with Crippen molar-refractivity contribution in [2.24, 2.45) is 0 Å². The summed E-state index contributed by atoms with van der Waals surface area (Å²) in [6, 6.07) is 3.28. The van der Waals surface area contributed by atoms with Gasteiger partial charge in [0.1, 0.15) is 0 Å². The molecule has 116 valence electrons. The maximum atomic E-state index is 12.7. The van der Waals surface area contributed by atoms with E-state index in [4.69, 9.17) is 4.74 Å². The van der Waals surface area contributed by atoms with Crippen molar-refractivity contribution in [2.75, 3.05) is 38.2 Å². The molecule has 0 aliphatic carbocycles. The second-order valence-electron chi connectivity index (χ2n) is 4.54.